The lowest BCUT2D eigenvalue weighted by atomic mass is 10.0. The maximum Gasteiger partial charge on any atom is 0.251 e. The zero-order valence-electron chi connectivity index (χ0n) is 9.77. The third-order valence-electron chi connectivity index (χ3n) is 3.02. The highest BCUT2D eigenvalue weighted by Crippen LogP contribution is 2.23. The fraction of sp³-hybridized carbons (Fsp3) is 0.800. The lowest BCUT2D eigenvalue weighted by Crippen LogP contribution is -2.55. The summed E-state index contributed by atoms with van der Waals surface area (Å²) >= 11 is 0. The number of nitrogens with one attached hydrogen (secondary N) is 1. The molecule has 0 bridgehead atoms. The van der Waals surface area contributed by atoms with Gasteiger partial charge in [-0.15, -0.1) is 0 Å². The van der Waals surface area contributed by atoms with Crippen molar-refractivity contribution in [2.75, 3.05) is 6.54 Å². The van der Waals surface area contributed by atoms with Crippen LogP contribution in [0, 0.1) is 5.92 Å². The number of carbonyl (C=O) groups is 2. The van der Waals surface area contributed by atoms with Crippen molar-refractivity contribution < 1.29 is 9.59 Å². The second-order valence-electron chi connectivity index (χ2n) is 4.50. The molecule has 1 heterocycles. The van der Waals surface area contributed by atoms with E-state index in [1.807, 2.05) is 18.7 Å². The van der Waals surface area contributed by atoms with Gasteiger partial charge < -0.3 is 5.73 Å². The molecule has 5 N–H and O–H groups in total. The summed E-state index contributed by atoms with van der Waals surface area (Å²) in [5.41, 5.74) is 7.47. The number of carbonyl (C=O) groups excluding carboxylic acids is 2. The minimum atomic E-state index is -0.384. The molecular formula is C10H20N4O2. The highest BCUT2D eigenvalue weighted by molar-refractivity contribution is 5.84. The molecule has 1 saturated heterocycles. The van der Waals surface area contributed by atoms with Gasteiger partial charge in [-0.1, -0.05) is 13.8 Å². The standard InChI is InChI=1S/C10H20N4O2/c1-6(2)8(10(16)13-12)14-5-3-4-7(14)9(11)15/h6-8H,3-5,12H2,1-2H3,(H2,11,15)(H,13,16). The Morgan fingerprint density at radius 2 is 2.06 bits per heavy atom. The van der Waals surface area contributed by atoms with Gasteiger partial charge in [0.05, 0.1) is 12.1 Å². The Morgan fingerprint density at radius 3 is 2.50 bits per heavy atom. The predicted octanol–water partition coefficient (Wildman–Crippen LogP) is -1.05. The van der Waals surface area contributed by atoms with Gasteiger partial charge in [0.1, 0.15) is 0 Å². The van der Waals surface area contributed by atoms with Gasteiger partial charge >= 0.3 is 0 Å². The van der Waals surface area contributed by atoms with Crippen molar-refractivity contribution in [3.63, 3.8) is 0 Å². The number of likely N-dealkylation sites (tertiary alicyclic amines) is 1. The minimum Gasteiger partial charge on any atom is -0.368 e. The molecule has 16 heavy (non-hydrogen) atoms. The first-order chi connectivity index (χ1) is 7.49. The molecule has 0 aliphatic carbocycles. The normalized spacial score (nSPS) is 23.4. The van der Waals surface area contributed by atoms with Crippen LogP contribution in [0.1, 0.15) is 26.7 Å². The molecule has 0 saturated carbocycles. The summed E-state index contributed by atoms with van der Waals surface area (Å²) in [7, 11) is 0. The fourth-order valence-corrected chi connectivity index (χ4v) is 2.35. The molecular weight excluding hydrogens is 208 g/mol. The number of rotatable bonds is 4. The molecule has 2 unspecified atom stereocenters. The Labute approximate surface area is 95.3 Å². The summed E-state index contributed by atoms with van der Waals surface area (Å²) in [6.07, 6.45) is 1.60. The average Bonchev–Trinajstić information content (AvgIpc) is 2.66. The Balaban J connectivity index is 2.85. The summed E-state index contributed by atoms with van der Waals surface area (Å²) in [5, 5.41) is 0. The second kappa shape index (κ2) is 5.27. The molecule has 1 aliphatic rings. The molecule has 6 nitrogen and oxygen atoms in total. The molecule has 2 atom stereocenters. The first kappa shape index (κ1) is 12.9. The van der Waals surface area contributed by atoms with E-state index in [1.165, 1.54) is 0 Å². The lowest BCUT2D eigenvalue weighted by molar-refractivity contribution is -0.131. The maximum atomic E-state index is 11.7. The first-order valence-electron chi connectivity index (χ1n) is 5.54. The summed E-state index contributed by atoms with van der Waals surface area (Å²) in [5.74, 6) is 4.62. The number of hydrazine groups is 1. The van der Waals surface area contributed by atoms with Crippen LogP contribution in [0.3, 0.4) is 0 Å². The number of hydrogen-bond donors (Lipinski definition) is 3. The van der Waals surface area contributed by atoms with Crippen molar-refractivity contribution >= 4 is 11.8 Å². The van der Waals surface area contributed by atoms with E-state index in [2.05, 4.69) is 5.43 Å². The summed E-state index contributed by atoms with van der Waals surface area (Å²) in [6, 6.07) is -0.727. The molecule has 0 aromatic rings. The molecule has 0 aromatic carbocycles. The van der Waals surface area contributed by atoms with Crippen LogP contribution in [0.5, 0.6) is 0 Å². The van der Waals surface area contributed by atoms with Crippen molar-refractivity contribution in [3.05, 3.63) is 0 Å². The fourth-order valence-electron chi connectivity index (χ4n) is 2.35. The van der Waals surface area contributed by atoms with Crippen molar-refractivity contribution in [2.45, 2.75) is 38.8 Å². The summed E-state index contributed by atoms with van der Waals surface area (Å²) in [4.78, 5) is 24.8. The van der Waals surface area contributed by atoms with Gasteiger partial charge in [0.15, 0.2) is 0 Å². The van der Waals surface area contributed by atoms with Gasteiger partial charge in [-0.05, 0) is 25.3 Å². The number of hydrogen-bond acceptors (Lipinski definition) is 4. The minimum absolute atomic E-state index is 0.0866. The Bertz CT molecular complexity index is 280. The van der Waals surface area contributed by atoms with Gasteiger partial charge in [-0.3, -0.25) is 19.9 Å². The Hall–Kier alpha value is -1.14. The van der Waals surface area contributed by atoms with Gasteiger partial charge in [-0.2, -0.15) is 0 Å². The number of nitrogens with two attached hydrogens (primary N) is 2. The summed E-state index contributed by atoms with van der Waals surface area (Å²) < 4.78 is 0. The monoisotopic (exact) mass is 228 g/mol. The topological polar surface area (TPSA) is 101 Å². The maximum absolute atomic E-state index is 11.7. The highest BCUT2D eigenvalue weighted by atomic mass is 16.2. The van der Waals surface area contributed by atoms with E-state index in [-0.39, 0.29) is 29.8 Å². The van der Waals surface area contributed by atoms with E-state index in [4.69, 9.17) is 11.6 Å². The smallest absolute Gasteiger partial charge is 0.251 e. The van der Waals surface area contributed by atoms with Gasteiger partial charge in [0.2, 0.25) is 5.91 Å². The average molecular weight is 228 g/mol. The molecule has 6 heteroatoms. The third kappa shape index (κ3) is 2.51. The third-order valence-corrected chi connectivity index (χ3v) is 3.02. The van der Waals surface area contributed by atoms with Crippen molar-refractivity contribution in [2.24, 2.45) is 17.5 Å². The van der Waals surface area contributed by atoms with E-state index >= 15 is 0 Å². The van der Waals surface area contributed by atoms with Crippen LogP contribution in [0.2, 0.25) is 0 Å². The molecule has 0 aromatic heterocycles. The van der Waals surface area contributed by atoms with Crippen molar-refractivity contribution in [1.29, 1.82) is 0 Å². The second-order valence-corrected chi connectivity index (χ2v) is 4.50. The molecule has 1 fully saturated rings. The molecule has 1 aliphatic heterocycles. The van der Waals surface area contributed by atoms with Crippen molar-refractivity contribution in [3.8, 4) is 0 Å². The zero-order chi connectivity index (χ0) is 12.3. The van der Waals surface area contributed by atoms with Crippen LogP contribution < -0.4 is 17.0 Å². The van der Waals surface area contributed by atoms with Crippen LogP contribution >= 0.6 is 0 Å². The van der Waals surface area contributed by atoms with Crippen LogP contribution in [0.4, 0.5) is 0 Å². The molecule has 0 spiro atoms. The van der Waals surface area contributed by atoms with Crippen LogP contribution in [-0.4, -0.2) is 35.3 Å². The summed E-state index contributed by atoms with van der Waals surface area (Å²) in [6.45, 7) is 4.57. The Morgan fingerprint density at radius 1 is 1.44 bits per heavy atom. The van der Waals surface area contributed by atoms with E-state index in [9.17, 15) is 9.59 Å². The highest BCUT2D eigenvalue weighted by Gasteiger charge is 2.38. The van der Waals surface area contributed by atoms with Crippen LogP contribution in [0.25, 0.3) is 0 Å². The van der Waals surface area contributed by atoms with Crippen LogP contribution in [0.15, 0.2) is 0 Å². The largest absolute Gasteiger partial charge is 0.368 e. The Kier molecular flexibility index (Phi) is 4.26. The molecule has 1 rings (SSSR count). The predicted molar refractivity (Wildman–Crippen MR) is 59.9 cm³/mol. The van der Waals surface area contributed by atoms with E-state index in [0.29, 0.717) is 6.54 Å². The lowest BCUT2D eigenvalue weighted by Gasteiger charge is -2.32. The SMILES string of the molecule is CC(C)C(C(=O)NN)N1CCCC1C(N)=O. The van der Waals surface area contributed by atoms with Gasteiger partial charge in [0.25, 0.3) is 5.91 Å². The van der Waals surface area contributed by atoms with E-state index in [1.54, 1.807) is 0 Å². The van der Waals surface area contributed by atoms with E-state index < -0.39 is 0 Å². The number of amides is 2. The number of primary amides is 1. The number of nitrogens with zero attached hydrogens (tertiary/aromatic N) is 1. The van der Waals surface area contributed by atoms with Gasteiger partial charge in [0, 0.05) is 0 Å². The molecule has 2 amide bonds. The van der Waals surface area contributed by atoms with Gasteiger partial charge in [-0.25, -0.2) is 5.84 Å². The van der Waals surface area contributed by atoms with Crippen molar-refractivity contribution in [1.82, 2.24) is 10.3 Å². The van der Waals surface area contributed by atoms with E-state index in [0.717, 1.165) is 12.8 Å². The first-order valence-corrected chi connectivity index (χ1v) is 5.54. The molecule has 0 radical (unpaired) electrons. The quantitative estimate of drug-likeness (QED) is 0.324. The van der Waals surface area contributed by atoms with Crippen LogP contribution in [-0.2, 0) is 9.59 Å². The molecule has 92 valence electrons. The zero-order valence-corrected chi connectivity index (χ0v) is 9.77.